The third-order valence-corrected chi connectivity index (χ3v) is 4.17. The van der Waals surface area contributed by atoms with Gasteiger partial charge >= 0.3 is 6.18 Å². The number of amides is 1. The molecule has 1 aromatic carbocycles. The van der Waals surface area contributed by atoms with Crippen LogP contribution in [0.25, 0.3) is 0 Å². The lowest BCUT2D eigenvalue weighted by molar-refractivity contribution is -0.182. The summed E-state index contributed by atoms with van der Waals surface area (Å²) in [4.78, 5) is 12.0. The summed E-state index contributed by atoms with van der Waals surface area (Å²) >= 11 is 0. The molecule has 1 aromatic rings. The summed E-state index contributed by atoms with van der Waals surface area (Å²) in [6, 6.07) is 8.53. The van der Waals surface area contributed by atoms with Crippen molar-refractivity contribution in [2.24, 2.45) is 11.7 Å². The molecule has 1 fully saturated rings. The molecule has 22 heavy (non-hydrogen) atoms. The number of hydrogen-bond acceptors (Lipinski definition) is 2. The SMILES string of the molecule is NC(Cc1ccccc1)C(=O)NC1CCC(C(F)(F)F)CC1. The molecule has 1 saturated carbocycles. The van der Waals surface area contributed by atoms with Crippen molar-refractivity contribution in [3.63, 3.8) is 0 Å². The van der Waals surface area contributed by atoms with Crippen molar-refractivity contribution in [2.45, 2.75) is 50.4 Å². The quantitative estimate of drug-likeness (QED) is 0.898. The predicted octanol–water partition coefficient (Wildman–Crippen LogP) is 2.79. The Morgan fingerprint density at radius 3 is 2.32 bits per heavy atom. The van der Waals surface area contributed by atoms with E-state index in [1.165, 1.54) is 0 Å². The van der Waals surface area contributed by atoms with E-state index in [1.807, 2.05) is 30.3 Å². The number of hydrogen-bond donors (Lipinski definition) is 2. The van der Waals surface area contributed by atoms with Crippen molar-refractivity contribution in [1.82, 2.24) is 5.32 Å². The summed E-state index contributed by atoms with van der Waals surface area (Å²) in [5.41, 5.74) is 6.83. The predicted molar refractivity (Wildman–Crippen MR) is 78.1 cm³/mol. The summed E-state index contributed by atoms with van der Waals surface area (Å²) in [5, 5.41) is 2.78. The molecule has 6 heteroatoms. The first-order chi connectivity index (χ1) is 10.4. The first-order valence-corrected chi connectivity index (χ1v) is 7.53. The van der Waals surface area contributed by atoms with E-state index in [1.54, 1.807) is 0 Å². The number of nitrogens with two attached hydrogens (primary N) is 1. The first-order valence-electron chi connectivity index (χ1n) is 7.53. The molecule has 122 valence electrons. The zero-order valence-electron chi connectivity index (χ0n) is 12.3. The van der Waals surface area contributed by atoms with Crippen LogP contribution in [0.4, 0.5) is 13.2 Å². The summed E-state index contributed by atoms with van der Waals surface area (Å²) in [7, 11) is 0. The number of alkyl halides is 3. The fourth-order valence-electron chi connectivity index (χ4n) is 2.83. The Balaban J connectivity index is 1.78. The second-order valence-electron chi connectivity index (χ2n) is 5.89. The van der Waals surface area contributed by atoms with Crippen LogP contribution in [0, 0.1) is 5.92 Å². The molecule has 1 amide bonds. The molecule has 0 saturated heterocycles. The standard InChI is InChI=1S/C16H21F3N2O/c17-16(18,19)12-6-8-13(9-7-12)21-15(22)14(20)10-11-4-2-1-3-5-11/h1-5,12-14H,6-10,20H2,(H,21,22). The minimum absolute atomic E-state index is 0.0718. The highest BCUT2D eigenvalue weighted by Crippen LogP contribution is 2.37. The van der Waals surface area contributed by atoms with E-state index in [0.29, 0.717) is 19.3 Å². The van der Waals surface area contributed by atoms with E-state index >= 15 is 0 Å². The van der Waals surface area contributed by atoms with Gasteiger partial charge in [0.25, 0.3) is 0 Å². The Hall–Kier alpha value is -1.56. The number of halogens is 3. The molecular weight excluding hydrogens is 293 g/mol. The van der Waals surface area contributed by atoms with E-state index < -0.39 is 18.1 Å². The van der Waals surface area contributed by atoms with Gasteiger partial charge in [-0.25, -0.2) is 0 Å². The van der Waals surface area contributed by atoms with Gasteiger partial charge in [-0.2, -0.15) is 13.2 Å². The third kappa shape index (κ3) is 4.73. The maximum absolute atomic E-state index is 12.6. The fourth-order valence-corrected chi connectivity index (χ4v) is 2.83. The number of rotatable bonds is 4. The second kappa shape index (κ2) is 7.13. The van der Waals surface area contributed by atoms with Crippen LogP contribution in [0.3, 0.4) is 0 Å². The van der Waals surface area contributed by atoms with Crippen LogP contribution in [0.15, 0.2) is 30.3 Å². The van der Waals surface area contributed by atoms with E-state index in [0.717, 1.165) is 5.56 Å². The minimum Gasteiger partial charge on any atom is -0.352 e. The maximum Gasteiger partial charge on any atom is 0.391 e. The molecule has 1 atom stereocenters. The summed E-state index contributed by atoms with van der Waals surface area (Å²) in [6.45, 7) is 0. The highest BCUT2D eigenvalue weighted by molar-refractivity contribution is 5.82. The zero-order valence-corrected chi connectivity index (χ0v) is 12.3. The molecule has 0 aromatic heterocycles. The van der Waals surface area contributed by atoms with Gasteiger partial charge in [0, 0.05) is 6.04 Å². The van der Waals surface area contributed by atoms with Gasteiger partial charge in [0.15, 0.2) is 0 Å². The van der Waals surface area contributed by atoms with Gasteiger partial charge < -0.3 is 11.1 Å². The largest absolute Gasteiger partial charge is 0.391 e. The molecular formula is C16H21F3N2O. The van der Waals surface area contributed by atoms with Crippen molar-refractivity contribution in [3.8, 4) is 0 Å². The number of carbonyl (C=O) groups is 1. The Labute approximate surface area is 128 Å². The number of carbonyl (C=O) groups excluding carboxylic acids is 1. The van der Waals surface area contributed by atoms with Gasteiger partial charge in [0.2, 0.25) is 5.91 Å². The molecule has 0 spiro atoms. The number of benzene rings is 1. The van der Waals surface area contributed by atoms with Gasteiger partial charge in [0.05, 0.1) is 12.0 Å². The molecule has 1 aliphatic carbocycles. The van der Waals surface area contributed by atoms with Crippen molar-refractivity contribution < 1.29 is 18.0 Å². The third-order valence-electron chi connectivity index (χ3n) is 4.17. The minimum atomic E-state index is -4.13. The van der Waals surface area contributed by atoms with Crippen molar-refractivity contribution in [3.05, 3.63) is 35.9 Å². The summed E-state index contributed by atoms with van der Waals surface area (Å²) < 4.78 is 37.8. The van der Waals surface area contributed by atoms with Gasteiger partial charge in [-0.3, -0.25) is 4.79 Å². The Morgan fingerprint density at radius 2 is 1.77 bits per heavy atom. The van der Waals surface area contributed by atoms with E-state index in [9.17, 15) is 18.0 Å². The van der Waals surface area contributed by atoms with E-state index in [2.05, 4.69) is 5.32 Å². The molecule has 0 bridgehead atoms. The monoisotopic (exact) mass is 314 g/mol. The summed E-state index contributed by atoms with van der Waals surface area (Å²) in [5.74, 6) is -1.53. The highest BCUT2D eigenvalue weighted by Gasteiger charge is 2.41. The lowest BCUT2D eigenvalue weighted by atomic mass is 9.85. The van der Waals surface area contributed by atoms with Gasteiger partial charge in [-0.1, -0.05) is 30.3 Å². The van der Waals surface area contributed by atoms with Crippen molar-refractivity contribution >= 4 is 5.91 Å². The zero-order chi connectivity index (χ0) is 16.2. The van der Waals surface area contributed by atoms with Crippen LogP contribution in [0.1, 0.15) is 31.2 Å². The molecule has 0 aliphatic heterocycles. The van der Waals surface area contributed by atoms with Crippen LogP contribution in [-0.4, -0.2) is 24.2 Å². The lowest BCUT2D eigenvalue weighted by Crippen LogP contribution is -2.48. The molecule has 0 radical (unpaired) electrons. The average Bonchev–Trinajstić information content (AvgIpc) is 2.48. The normalized spacial score (nSPS) is 23.8. The molecule has 3 N–H and O–H groups in total. The second-order valence-corrected chi connectivity index (χ2v) is 5.89. The van der Waals surface area contributed by atoms with Crippen LogP contribution >= 0.6 is 0 Å². The van der Waals surface area contributed by atoms with Crippen LogP contribution < -0.4 is 11.1 Å². The maximum atomic E-state index is 12.6. The van der Waals surface area contributed by atoms with E-state index in [4.69, 9.17) is 5.73 Å². The number of nitrogens with one attached hydrogen (secondary N) is 1. The average molecular weight is 314 g/mol. The Bertz CT molecular complexity index is 482. The van der Waals surface area contributed by atoms with Crippen LogP contribution in [0.5, 0.6) is 0 Å². The van der Waals surface area contributed by atoms with Crippen LogP contribution in [-0.2, 0) is 11.2 Å². The van der Waals surface area contributed by atoms with E-state index in [-0.39, 0.29) is 24.8 Å². The molecule has 1 aliphatic rings. The Morgan fingerprint density at radius 1 is 1.18 bits per heavy atom. The van der Waals surface area contributed by atoms with Gasteiger partial charge in [-0.05, 0) is 37.7 Å². The highest BCUT2D eigenvalue weighted by atomic mass is 19.4. The van der Waals surface area contributed by atoms with Crippen molar-refractivity contribution in [2.75, 3.05) is 0 Å². The smallest absolute Gasteiger partial charge is 0.352 e. The molecule has 1 unspecified atom stereocenters. The lowest BCUT2D eigenvalue weighted by Gasteiger charge is -2.30. The summed E-state index contributed by atoms with van der Waals surface area (Å²) in [6.07, 6.45) is -2.85. The first kappa shape index (κ1) is 16.8. The fraction of sp³-hybridized carbons (Fsp3) is 0.562. The Kier molecular flexibility index (Phi) is 5.45. The molecule has 2 rings (SSSR count). The van der Waals surface area contributed by atoms with Gasteiger partial charge in [-0.15, -0.1) is 0 Å². The molecule has 3 nitrogen and oxygen atoms in total. The van der Waals surface area contributed by atoms with Gasteiger partial charge in [0.1, 0.15) is 0 Å². The topological polar surface area (TPSA) is 55.1 Å². The van der Waals surface area contributed by atoms with Crippen LogP contribution in [0.2, 0.25) is 0 Å². The van der Waals surface area contributed by atoms with Crippen molar-refractivity contribution in [1.29, 1.82) is 0 Å². The molecule has 0 heterocycles.